The summed E-state index contributed by atoms with van der Waals surface area (Å²) in [6, 6.07) is 0. The van der Waals surface area contributed by atoms with Crippen molar-refractivity contribution in [2.75, 3.05) is 6.61 Å². The summed E-state index contributed by atoms with van der Waals surface area (Å²) in [5, 5.41) is -0.249. The molecule has 0 aromatic carbocycles. The Morgan fingerprint density at radius 2 is 1.88 bits per heavy atom. The van der Waals surface area contributed by atoms with Crippen molar-refractivity contribution in [1.82, 2.24) is 0 Å². The average Bonchev–Trinajstić information content (AvgIpc) is 2.76. The number of hydrogen-bond acceptors (Lipinski definition) is 2. The van der Waals surface area contributed by atoms with E-state index in [0.717, 1.165) is 0 Å². The van der Waals surface area contributed by atoms with Crippen LogP contribution in [0.25, 0.3) is 0 Å². The van der Waals surface area contributed by atoms with E-state index in [1.165, 1.54) is 4.41 Å². The van der Waals surface area contributed by atoms with E-state index < -0.39 is 21.3 Å². The molecule has 0 saturated heterocycles. The molecule has 0 heterocycles. The summed E-state index contributed by atoms with van der Waals surface area (Å²) in [5.74, 6) is 7.08. The second kappa shape index (κ2) is 4.02. The van der Waals surface area contributed by atoms with Gasteiger partial charge in [-0.2, -0.15) is 0 Å². The summed E-state index contributed by atoms with van der Waals surface area (Å²) in [5.41, 5.74) is 0. The van der Waals surface area contributed by atoms with Gasteiger partial charge in [-0.1, -0.05) is 0 Å². The van der Waals surface area contributed by atoms with E-state index in [1.807, 2.05) is 6.92 Å². The zero-order valence-electron chi connectivity index (χ0n) is 11.6. The second-order valence-corrected chi connectivity index (χ2v) is 22.4. The van der Waals surface area contributed by atoms with Crippen LogP contribution in [0.3, 0.4) is 0 Å². The summed E-state index contributed by atoms with van der Waals surface area (Å²) in [7, 11) is -1.57. The van der Waals surface area contributed by atoms with E-state index >= 15 is 0 Å². The molecule has 0 aliphatic heterocycles. The molecule has 0 aromatic heterocycles. The van der Waals surface area contributed by atoms with E-state index in [-0.39, 0.29) is 11.0 Å². The zero-order chi connectivity index (χ0) is 12.8. The first kappa shape index (κ1) is 14.0. The fourth-order valence-electron chi connectivity index (χ4n) is 2.33. The number of esters is 1. The first-order valence-corrected chi connectivity index (χ1v) is 16.8. The van der Waals surface area contributed by atoms with E-state index in [9.17, 15) is 4.79 Å². The molecule has 0 radical (unpaired) electrons. The van der Waals surface area contributed by atoms with Crippen molar-refractivity contribution in [3.8, 4) is 0 Å². The third-order valence-electron chi connectivity index (χ3n) is 3.29. The van der Waals surface area contributed by atoms with E-state index in [2.05, 4.69) is 43.0 Å². The predicted octanol–water partition coefficient (Wildman–Crippen LogP) is 3.45. The molecule has 0 amide bonds. The van der Waals surface area contributed by atoms with Crippen molar-refractivity contribution in [3.05, 3.63) is 10.5 Å². The maximum absolute atomic E-state index is 12.2. The van der Waals surface area contributed by atoms with Gasteiger partial charge in [0.25, 0.3) is 0 Å². The van der Waals surface area contributed by atoms with Gasteiger partial charge in [-0.15, -0.1) is 0 Å². The molecule has 1 aliphatic carbocycles. The normalized spacial score (nSPS) is 25.1. The molecule has 1 aliphatic rings. The van der Waals surface area contributed by atoms with Crippen molar-refractivity contribution in [3.63, 3.8) is 0 Å². The van der Waals surface area contributed by atoms with Crippen LogP contribution in [0.15, 0.2) is 10.5 Å². The summed E-state index contributed by atoms with van der Waals surface area (Å²) in [4.78, 5) is 12.2. The topological polar surface area (TPSA) is 26.3 Å². The van der Waals surface area contributed by atoms with Gasteiger partial charge in [0, 0.05) is 0 Å². The summed E-state index contributed by atoms with van der Waals surface area (Å²) in [6.45, 7) is 9.17. The van der Waals surface area contributed by atoms with Crippen molar-refractivity contribution < 1.29 is 9.53 Å². The third-order valence-corrected chi connectivity index (χ3v) is 11.3. The standard InChI is InChI=1S/C12H24GeO2Si/c1-8-15-11(14)12(16(5,6)7)9-10(12)13(2,3)4/h9H,8H2,1-7H3. The van der Waals surface area contributed by atoms with Gasteiger partial charge in [-0.3, -0.25) is 0 Å². The number of hydrogen-bond donors (Lipinski definition) is 0. The maximum atomic E-state index is 12.2. The monoisotopic (exact) mass is 302 g/mol. The molecular formula is C12H24GeO2Si. The molecule has 0 aromatic rings. The Bertz CT molecular complexity index is 336. The van der Waals surface area contributed by atoms with Crippen LogP contribution in [-0.4, -0.2) is 33.9 Å². The van der Waals surface area contributed by atoms with Crippen LogP contribution in [0.1, 0.15) is 6.92 Å². The first-order chi connectivity index (χ1) is 7.07. The SMILES string of the molecule is CCOC(=O)C1([Si](C)(C)C)C=[C]1[Ge]([CH3])([CH3])[CH3]. The summed E-state index contributed by atoms with van der Waals surface area (Å²) >= 11 is -1.87. The number of carbonyl (C=O) groups excluding carboxylic acids is 1. The van der Waals surface area contributed by atoms with Crippen molar-refractivity contribution in [1.29, 1.82) is 0 Å². The van der Waals surface area contributed by atoms with Crippen LogP contribution in [0.5, 0.6) is 0 Å². The van der Waals surface area contributed by atoms with E-state index in [0.29, 0.717) is 6.61 Å². The Hall–Kier alpha value is -0.0303. The molecule has 0 spiro atoms. The van der Waals surface area contributed by atoms with Gasteiger partial charge in [0.2, 0.25) is 0 Å². The molecule has 0 fully saturated rings. The van der Waals surface area contributed by atoms with Gasteiger partial charge < -0.3 is 0 Å². The Morgan fingerprint density at radius 1 is 1.38 bits per heavy atom. The van der Waals surface area contributed by atoms with Gasteiger partial charge >= 0.3 is 103 Å². The van der Waals surface area contributed by atoms with Crippen LogP contribution < -0.4 is 0 Å². The minimum atomic E-state index is -1.87. The Labute approximate surface area is 103 Å². The van der Waals surface area contributed by atoms with Crippen LogP contribution in [0.4, 0.5) is 0 Å². The fourth-order valence-corrected chi connectivity index (χ4v) is 13.1. The second-order valence-electron chi connectivity index (χ2n) is 6.59. The molecule has 2 nitrogen and oxygen atoms in total. The number of rotatable bonds is 4. The Kier molecular flexibility index (Phi) is 3.52. The number of carbonyl (C=O) groups is 1. The van der Waals surface area contributed by atoms with Gasteiger partial charge in [0.1, 0.15) is 0 Å². The molecule has 0 bridgehead atoms. The van der Waals surface area contributed by atoms with Crippen molar-refractivity contribution in [2.45, 2.75) is 48.9 Å². The quantitative estimate of drug-likeness (QED) is 0.587. The first-order valence-electron chi connectivity index (χ1n) is 5.98. The van der Waals surface area contributed by atoms with E-state index in [1.54, 1.807) is 0 Å². The zero-order valence-corrected chi connectivity index (χ0v) is 14.7. The van der Waals surface area contributed by atoms with Crippen molar-refractivity contribution >= 4 is 27.3 Å². The molecular weight excluding hydrogens is 277 g/mol. The molecule has 1 unspecified atom stereocenters. The number of ether oxygens (including phenoxy) is 1. The third kappa shape index (κ3) is 2.16. The van der Waals surface area contributed by atoms with Crippen LogP contribution in [0.2, 0.25) is 41.9 Å². The summed E-state index contributed by atoms with van der Waals surface area (Å²) < 4.78 is 6.76. The molecule has 4 heteroatoms. The average molecular weight is 301 g/mol. The van der Waals surface area contributed by atoms with Crippen LogP contribution in [-0.2, 0) is 9.53 Å². The van der Waals surface area contributed by atoms with Gasteiger partial charge in [-0.05, 0) is 0 Å². The van der Waals surface area contributed by atoms with Crippen LogP contribution in [0, 0.1) is 0 Å². The molecule has 0 N–H and O–H groups in total. The summed E-state index contributed by atoms with van der Waals surface area (Å²) in [6.07, 6.45) is 2.23. The van der Waals surface area contributed by atoms with Gasteiger partial charge in [0.15, 0.2) is 0 Å². The molecule has 16 heavy (non-hydrogen) atoms. The van der Waals surface area contributed by atoms with Crippen molar-refractivity contribution in [2.24, 2.45) is 0 Å². The molecule has 0 saturated carbocycles. The molecule has 1 rings (SSSR count). The molecule has 92 valence electrons. The predicted molar refractivity (Wildman–Crippen MR) is 74.1 cm³/mol. The van der Waals surface area contributed by atoms with Crippen LogP contribution >= 0.6 is 0 Å². The Morgan fingerprint density at radius 3 is 2.12 bits per heavy atom. The van der Waals surface area contributed by atoms with E-state index in [4.69, 9.17) is 4.74 Å². The Balaban J connectivity index is 3.00. The fraction of sp³-hybridized carbons (Fsp3) is 0.750. The minimum absolute atomic E-state index is 0.0183. The van der Waals surface area contributed by atoms with Gasteiger partial charge in [-0.25, -0.2) is 0 Å². The van der Waals surface area contributed by atoms with Gasteiger partial charge in [0.05, 0.1) is 0 Å². The molecule has 1 atom stereocenters.